The van der Waals surface area contributed by atoms with E-state index >= 15 is 0 Å². The maximum Gasteiger partial charge on any atom is 0.267 e. The Labute approximate surface area is 90.0 Å². The minimum absolute atomic E-state index is 0.0155. The van der Waals surface area contributed by atoms with Gasteiger partial charge in [0.2, 0.25) is 0 Å². The van der Waals surface area contributed by atoms with Gasteiger partial charge in [-0.2, -0.15) is 8.42 Å². The summed E-state index contributed by atoms with van der Waals surface area (Å²) in [4.78, 5) is 0. The third-order valence-corrected chi connectivity index (χ3v) is 2.94. The quantitative estimate of drug-likeness (QED) is 0.548. The van der Waals surface area contributed by atoms with E-state index in [1.54, 1.807) is 12.1 Å². The highest BCUT2D eigenvalue weighted by Crippen LogP contribution is 2.07. The first-order valence-electron chi connectivity index (χ1n) is 4.69. The highest BCUT2D eigenvalue weighted by molar-refractivity contribution is 7.86. The molecule has 0 aromatic heterocycles. The van der Waals surface area contributed by atoms with Gasteiger partial charge in [-0.25, -0.2) is 0 Å². The van der Waals surface area contributed by atoms with Crippen LogP contribution in [0, 0.1) is 0 Å². The van der Waals surface area contributed by atoms with Crippen molar-refractivity contribution in [3.63, 3.8) is 0 Å². The third kappa shape index (κ3) is 4.80. The van der Waals surface area contributed by atoms with Gasteiger partial charge < -0.3 is 4.74 Å². The Morgan fingerprint density at radius 2 is 1.80 bits per heavy atom. The molecular formula is C10H14O4S. The molecule has 0 spiro atoms. The van der Waals surface area contributed by atoms with Crippen LogP contribution in [0.25, 0.3) is 0 Å². The Morgan fingerprint density at radius 3 is 2.40 bits per heavy atom. The molecule has 5 heteroatoms. The van der Waals surface area contributed by atoms with Crippen LogP contribution in [0.4, 0.5) is 0 Å². The van der Waals surface area contributed by atoms with Crippen LogP contribution in [-0.4, -0.2) is 27.4 Å². The summed E-state index contributed by atoms with van der Waals surface area (Å²) in [6.45, 7) is 1.81. The molecule has 0 atom stereocenters. The van der Waals surface area contributed by atoms with Crippen molar-refractivity contribution < 1.29 is 17.3 Å². The number of ether oxygens (including phenoxy) is 1. The Morgan fingerprint density at radius 1 is 1.13 bits per heavy atom. The molecule has 1 aromatic carbocycles. The van der Waals surface area contributed by atoms with Crippen molar-refractivity contribution in [2.45, 2.75) is 6.92 Å². The van der Waals surface area contributed by atoms with E-state index in [-0.39, 0.29) is 19.0 Å². The molecule has 0 amide bonds. The average molecular weight is 230 g/mol. The molecule has 0 saturated heterocycles. The Balaban J connectivity index is 2.24. The normalized spacial score (nSPS) is 11.3. The van der Waals surface area contributed by atoms with Crippen LogP contribution in [0.3, 0.4) is 0 Å². The fourth-order valence-corrected chi connectivity index (χ4v) is 1.41. The molecule has 1 aromatic rings. The summed E-state index contributed by atoms with van der Waals surface area (Å²) in [6, 6.07) is 9.17. The topological polar surface area (TPSA) is 52.6 Å². The van der Waals surface area contributed by atoms with Crippen molar-refractivity contribution in [3.8, 4) is 5.75 Å². The van der Waals surface area contributed by atoms with E-state index in [0.29, 0.717) is 5.75 Å². The molecule has 0 heterocycles. The van der Waals surface area contributed by atoms with Crippen LogP contribution in [0.2, 0.25) is 0 Å². The summed E-state index contributed by atoms with van der Waals surface area (Å²) >= 11 is 0. The average Bonchev–Trinajstić information content (AvgIpc) is 2.26. The van der Waals surface area contributed by atoms with Crippen molar-refractivity contribution in [2.24, 2.45) is 0 Å². The fourth-order valence-electron chi connectivity index (χ4n) is 0.921. The lowest BCUT2D eigenvalue weighted by atomic mass is 10.3. The van der Waals surface area contributed by atoms with Crippen molar-refractivity contribution in [1.29, 1.82) is 0 Å². The molecule has 15 heavy (non-hydrogen) atoms. The van der Waals surface area contributed by atoms with E-state index in [1.807, 2.05) is 18.2 Å². The van der Waals surface area contributed by atoms with Gasteiger partial charge in [0.1, 0.15) is 19.0 Å². The number of hydrogen-bond acceptors (Lipinski definition) is 4. The monoisotopic (exact) mass is 230 g/mol. The van der Waals surface area contributed by atoms with E-state index in [2.05, 4.69) is 4.18 Å². The van der Waals surface area contributed by atoms with Crippen LogP contribution in [0.15, 0.2) is 30.3 Å². The molecule has 0 saturated carbocycles. The number of rotatable bonds is 6. The van der Waals surface area contributed by atoms with Crippen LogP contribution in [0.5, 0.6) is 5.75 Å². The maximum absolute atomic E-state index is 10.9. The highest BCUT2D eigenvalue weighted by atomic mass is 32.2. The lowest BCUT2D eigenvalue weighted by molar-refractivity contribution is 0.221. The SMILES string of the molecule is CCS(=O)(=O)OCCOc1ccccc1. The zero-order valence-electron chi connectivity index (χ0n) is 8.55. The van der Waals surface area contributed by atoms with E-state index in [9.17, 15) is 8.42 Å². The second-order valence-corrected chi connectivity index (χ2v) is 4.76. The lowest BCUT2D eigenvalue weighted by Crippen LogP contribution is -2.14. The fraction of sp³-hybridized carbons (Fsp3) is 0.400. The first-order valence-corrected chi connectivity index (χ1v) is 6.27. The van der Waals surface area contributed by atoms with Gasteiger partial charge in [-0.05, 0) is 19.1 Å². The van der Waals surface area contributed by atoms with Gasteiger partial charge >= 0.3 is 0 Å². The molecule has 84 valence electrons. The van der Waals surface area contributed by atoms with E-state index in [1.165, 1.54) is 6.92 Å². The van der Waals surface area contributed by atoms with Crippen molar-refractivity contribution in [1.82, 2.24) is 0 Å². The van der Waals surface area contributed by atoms with E-state index in [0.717, 1.165) is 0 Å². The molecule has 4 nitrogen and oxygen atoms in total. The minimum Gasteiger partial charge on any atom is -0.491 e. The van der Waals surface area contributed by atoms with Crippen LogP contribution >= 0.6 is 0 Å². The third-order valence-electron chi connectivity index (χ3n) is 1.71. The second kappa shape index (κ2) is 5.72. The van der Waals surface area contributed by atoms with Gasteiger partial charge in [0.05, 0.1) is 5.75 Å². The van der Waals surface area contributed by atoms with E-state index in [4.69, 9.17) is 4.74 Å². The summed E-state index contributed by atoms with van der Waals surface area (Å²) in [6.07, 6.45) is 0. The predicted molar refractivity (Wildman–Crippen MR) is 57.3 cm³/mol. The zero-order chi connectivity index (χ0) is 11.1. The predicted octanol–water partition coefficient (Wildman–Crippen LogP) is 1.43. The molecule has 0 aliphatic carbocycles. The van der Waals surface area contributed by atoms with E-state index < -0.39 is 10.1 Å². The molecule has 0 aliphatic rings. The van der Waals surface area contributed by atoms with Gasteiger partial charge in [-0.3, -0.25) is 4.18 Å². The van der Waals surface area contributed by atoms with Crippen LogP contribution < -0.4 is 4.74 Å². The first-order chi connectivity index (χ1) is 7.14. The highest BCUT2D eigenvalue weighted by Gasteiger charge is 2.06. The summed E-state index contributed by atoms with van der Waals surface area (Å²) < 4.78 is 31.8. The van der Waals surface area contributed by atoms with Gasteiger partial charge in [-0.15, -0.1) is 0 Å². The minimum atomic E-state index is -3.35. The molecule has 0 fully saturated rings. The van der Waals surface area contributed by atoms with Crippen molar-refractivity contribution >= 4 is 10.1 Å². The van der Waals surface area contributed by atoms with Gasteiger partial charge in [-0.1, -0.05) is 18.2 Å². The molecule has 0 N–H and O–H groups in total. The zero-order valence-corrected chi connectivity index (χ0v) is 9.37. The summed E-state index contributed by atoms with van der Waals surface area (Å²) in [5.41, 5.74) is 0. The van der Waals surface area contributed by atoms with Gasteiger partial charge in [0.15, 0.2) is 0 Å². The summed E-state index contributed by atoms with van der Waals surface area (Å²) in [7, 11) is -3.35. The molecule has 0 aliphatic heterocycles. The Bertz CT molecular complexity index is 372. The standard InChI is InChI=1S/C10H14O4S/c1-2-15(11,12)14-9-8-13-10-6-4-3-5-7-10/h3-7H,2,8-9H2,1H3. The van der Waals surface area contributed by atoms with Crippen molar-refractivity contribution in [3.05, 3.63) is 30.3 Å². The first kappa shape index (κ1) is 12.0. The smallest absolute Gasteiger partial charge is 0.267 e. The number of benzene rings is 1. The van der Waals surface area contributed by atoms with Crippen molar-refractivity contribution in [2.75, 3.05) is 19.0 Å². The van der Waals surface area contributed by atoms with Crippen LogP contribution in [0.1, 0.15) is 6.92 Å². The largest absolute Gasteiger partial charge is 0.491 e. The maximum atomic E-state index is 10.9. The van der Waals surface area contributed by atoms with Crippen LogP contribution in [-0.2, 0) is 14.3 Å². The molecular weight excluding hydrogens is 216 g/mol. The molecule has 0 unspecified atom stereocenters. The second-order valence-electron chi connectivity index (χ2n) is 2.83. The Hall–Kier alpha value is -1.07. The molecule has 1 rings (SSSR count). The lowest BCUT2D eigenvalue weighted by Gasteiger charge is -2.06. The number of hydrogen-bond donors (Lipinski definition) is 0. The molecule has 0 radical (unpaired) electrons. The van der Waals surface area contributed by atoms with Gasteiger partial charge in [0.25, 0.3) is 10.1 Å². The number of para-hydroxylation sites is 1. The Kier molecular flexibility index (Phi) is 4.58. The summed E-state index contributed by atoms with van der Waals surface area (Å²) in [5.74, 6) is 0.688. The summed E-state index contributed by atoms with van der Waals surface area (Å²) in [5, 5.41) is 0. The molecule has 0 bridgehead atoms. The van der Waals surface area contributed by atoms with Gasteiger partial charge in [0, 0.05) is 0 Å².